The second-order valence-electron chi connectivity index (χ2n) is 7.03. The van der Waals surface area contributed by atoms with E-state index in [2.05, 4.69) is 17.4 Å². The summed E-state index contributed by atoms with van der Waals surface area (Å²) >= 11 is 0. The van der Waals surface area contributed by atoms with Crippen molar-refractivity contribution in [1.29, 1.82) is 0 Å². The first-order valence-corrected chi connectivity index (χ1v) is 9.50. The van der Waals surface area contributed by atoms with E-state index in [0.717, 1.165) is 17.5 Å². The molecular formula is C24H17NO4. The van der Waals surface area contributed by atoms with Gasteiger partial charge in [0.25, 0.3) is 5.91 Å². The Balaban J connectivity index is 1.72. The number of hydrogen-bond donors (Lipinski definition) is 1. The summed E-state index contributed by atoms with van der Waals surface area (Å²) in [4.78, 5) is 25.3. The van der Waals surface area contributed by atoms with E-state index < -0.39 is 11.6 Å². The molecule has 3 aromatic carbocycles. The summed E-state index contributed by atoms with van der Waals surface area (Å²) in [5.74, 6) is 0.472. The van der Waals surface area contributed by atoms with Crippen molar-refractivity contribution in [1.82, 2.24) is 5.32 Å². The molecule has 0 atom stereocenters. The first-order valence-electron chi connectivity index (χ1n) is 9.50. The number of fused-ring (bicyclic) bond motifs is 6. The van der Waals surface area contributed by atoms with Crippen LogP contribution in [-0.2, 0) is 10.3 Å². The Labute approximate surface area is 168 Å². The van der Waals surface area contributed by atoms with Crippen molar-refractivity contribution in [2.24, 2.45) is 0 Å². The quantitative estimate of drug-likeness (QED) is 0.695. The SMILES string of the molecule is CCCNC(=O)c1ccc2c(c1)C(=O)OC21c2cc[c]cc2Oc2c[c]ccc21. The zero-order chi connectivity index (χ0) is 20.0. The first kappa shape index (κ1) is 17.5. The fourth-order valence-corrected chi connectivity index (χ4v) is 4.00. The predicted molar refractivity (Wildman–Crippen MR) is 105 cm³/mol. The van der Waals surface area contributed by atoms with Crippen molar-refractivity contribution in [3.8, 4) is 11.5 Å². The van der Waals surface area contributed by atoms with Gasteiger partial charge in [-0.05, 0) is 55.0 Å². The van der Waals surface area contributed by atoms with Gasteiger partial charge in [-0.25, -0.2) is 4.79 Å². The predicted octanol–water partition coefficient (Wildman–Crippen LogP) is 3.99. The Bertz CT molecular complexity index is 1110. The highest BCUT2D eigenvalue weighted by molar-refractivity contribution is 6.01. The van der Waals surface area contributed by atoms with E-state index in [1.54, 1.807) is 42.5 Å². The number of rotatable bonds is 3. The Morgan fingerprint density at radius 2 is 1.72 bits per heavy atom. The van der Waals surface area contributed by atoms with Gasteiger partial charge in [0.1, 0.15) is 11.5 Å². The van der Waals surface area contributed by atoms with Gasteiger partial charge < -0.3 is 14.8 Å². The second kappa shape index (κ2) is 6.48. The van der Waals surface area contributed by atoms with Crippen molar-refractivity contribution >= 4 is 11.9 Å². The van der Waals surface area contributed by atoms with Gasteiger partial charge in [0.2, 0.25) is 0 Å². The number of hydrogen-bond acceptors (Lipinski definition) is 4. The highest BCUT2D eigenvalue weighted by Gasteiger charge is 2.53. The van der Waals surface area contributed by atoms with Crippen molar-refractivity contribution < 1.29 is 19.1 Å². The van der Waals surface area contributed by atoms with Crippen molar-refractivity contribution in [2.45, 2.75) is 18.9 Å². The molecule has 5 heteroatoms. The molecule has 0 bridgehead atoms. The molecule has 0 aromatic heterocycles. The van der Waals surface area contributed by atoms with Gasteiger partial charge in [0.15, 0.2) is 5.60 Å². The van der Waals surface area contributed by atoms with E-state index in [9.17, 15) is 9.59 Å². The van der Waals surface area contributed by atoms with Crippen LogP contribution in [0, 0.1) is 12.1 Å². The van der Waals surface area contributed by atoms with Crippen LogP contribution in [0.3, 0.4) is 0 Å². The van der Waals surface area contributed by atoms with Gasteiger partial charge in [-0.2, -0.15) is 0 Å². The summed E-state index contributed by atoms with van der Waals surface area (Å²) in [5.41, 5.74) is 1.83. The Morgan fingerprint density at radius 1 is 1.03 bits per heavy atom. The number of esters is 1. The highest BCUT2D eigenvalue weighted by Crippen LogP contribution is 2.55. The number of amides is 1. The molecule has 29 heavy (non-hydrogen) atoms. The average Bonchev–Trinajstić information content (AvgIpc) is 3.05. The zero-order valence-corrected chi connectivity index (χ0v) is 15.7. The van der Waals surface area contributed by atoms with Gasteiger partial charge >= 0.3 is 5.97 Å². The van der Waals surface area contributed by atoms with E-state index in [0.29, 0.717) is 34.7 Å². The molecule has 1 N–H and O–H groups in total. The molecule has 2 radical (unpaired) electrons. The smallest absolute Gasteiger partial charge is 0.340 e. The minimum Gasteiger partial charge on any atom is -0.456 e. The van der Waals surface area contributed by atoms with Gasteiger partial charge in [0.05, 0.1) is 5.56 Å². The standard InChI is InChI=1S/C24H17NO4/c1-2-13-25-22(26)15-11-12-17-16(14-15)23(27)29-24(17)18-7-3-5-9-20(18)28-21-10-6-4-8-19(21)24/h3-4,7-12,14H,2,13H2,1H3,(H,25,26). The van der Waals surface area contributed by atoms with Crippen LogP contribution < -0.4 is 10.1 Å². The van der Waals surface area contributed by atoms with E-state index in [1.807, 2.05) is 19.1 Å². The molecule has 3 aromatic rings. The zero-order valence-electron chi connectivity index (χ0n) is 15.7. The van der Waals surface area contributed by atoms with Crippen LogP contribution >= 0.6 is 0 Å². The lowest BCUT2D eigenvalue weighted by atomic mass is 9.77. The number of benzene rings is 3. The van der Waals surface area contributed by atoms with Crippen molar-refractivity contribution in [3.05, 3.63) is 94.5 Å². The van der Waals surface area contributed by atoms with E-state index in [4.69, 9.17) is 9.47 Å². The van der Waals surface area contributed by atoms with Crippen LogP contribution in [0.2, 0.25) is 0 Å². The summed E-state index contributed by atoms with van der Waals surface area (Å²) in [5, 5.41) is 2.84. The van der Waals surface area contributed by atoms with Crippen LogP contribution in [0.25, 0.3) is 0 Å². The second-order valence-corrected chi connectivity index (χ2v) is 7.03. The maximum atomic E-state index is 12.9. The molecule has 142 valence electrons. The Morgan fingerprint density at radius 3 is 2.38 bits per heavy atom. The number of carbonyl (C=O) groups is 2. The van der Waals surface area contributed by atoms with Crippen LogP contribution in [0.1, 0.15) is 50.8 Å². The largest absolute Gasteiger partial charge is 0.456 e. The molecule has 2 aliphatic rings. The molecule has 1 amide bonds. The lowest BCUT2D eigenvalue weighted by Crippen LogP contribution is -2.33. The topological polar surface area (TPSA) is 64.6 Å². The van der Waals surface area contributed by atoms with Gasteiger partial charge in [0, 0.05) is 28.8 Å². The monoisotopic (exact) mass is 383 g/mol. The maximum absolute atomic E-state index is 12.9. The minimum absolute atomic E-state index is 0.208. The normalized spacial score (nSPS) is 15.0. The molecule has 1 spiro atoms. The average molecular weight is 383 g/mol. The third-order valence-corrected chi connectivity index (χ3v) is 5.29. The maximum Gasteiger partial charge on any atom is 0.340 e. The summed E-state index contributed by atoms with van der Waals surface area (Å²) < 4.78 is 12.1. The summed E-state index contributed by atoms with van der Waals surface area (Å²) in [6.07, 6.45) is 0.837. The fourth-order valence-electron chi connectivity index (χ4n) is 4.00. The molecule has 0 unspecified atom stereocenters. The lowest BCUT2D eigenvalue weighted by Gasteiger charge is -2.36. The van der Waals surface area contributed by atoms with Crippen molar-refractivity contribution in [3.63, 3.8) is 0 Å². The van der Waals surface area contributed by atoms with Crippen molar-refractivity contribution in [2.75, 3.05) is 6.54 Å². The first-order chi connectivity index (χ1) is 14.1. The number of nitrogens with one attached hydrogen (secondary N) is 1. The highest BCUT2D eigenvalue weighted by atomic mass is 16.6. The fraction of sp³-hybridized carbons (Fsp3) is 0.167. The van der Waals surface area contributed by atoms with Crippen LogP contribution in [0.15, 0.2) is 54.6 Å². The molecule has 2 aliphatic heterocycles. The third-order valence-electron chi connectivity index (χ3n) is 5.29. The van der Waals surface area contributed by atoms with Crippen LogP contribution in [0.5, 0.6) is 11.5 Å². The van der Waals surface area contributed by atoms with Gasteiger partial charge in [-0.1, -0.05) is 25.1 Å². The summed E-state index contributed by atoms with van der Waals surface area (Å²) in [7, 11) is 0. The Hall–Kier alpha value is -3.60. The number of ether oxygens (including phenoxy) is 2. The lowest BCUT2D eigenvalue weighted by molar-refractivity contribution is 0.0224. The van der Waals surface area contributed by atoms with E-state index >= 15 is 0 Å². The van der Waals surface area contributed by atoms with E-state index in [-0.39, 0.29) is 5.91 Å². The summed E-state index contributed by atoms with van der Waals surface area (Å²) in [6, 6.07) is 21.8. The molecular weight excluding hydrogens is 366 g/mol. The molecule has 0 saturated heterocycles. The number of carbonyl (C=O) groups excluding carboxylic acids is 2. The molecule has 5 rings (SSSR count). The third kappa shape index (κ3) is 2.47. The van der Waals surface area contributed by atoms with Crippen LogP contribution in [-0.4, -0.2) is 18.4 Å². The summed E-state index contributed by atoms with van der Waals surface area (Å²) in [6.45, 7) is 2.56. The molecule has 2 heterocycles. The molecule has 0 aliphatic carbocycles. The molecule has 5 nitrogen and oxygen atoms in total. The van der Waals surface area contributed by atoms with Gasteiger partial charge in [-0.15, -0.1) is 0 Å². The van der Waals surface area contributed by atoms with Gasteiger partial charge in [-0.3, -0.25) is 4.79 Å². The molecule has 0 fully saturated rings. The van der Waals surface area contributed by atoms with E-state index in [1.165, 1.54) is 0 Å². The molecule has 0 saturated carbocycles. The Kier molecular flexibility index (Phi) is 3.91. The minimum atomic E-state index is -1.13. The van der Waals surface area contributed by atoms with Crippen LogP contribution in [0.4, 0.5) is 0 Å².